The molecule has 1 unspecified atom stereocenters. The molecule has 1 aliphatic heterocycles. The molecule has 2 N–H and O–H groups in total. The Bertz CT molecular complexity index is 513. The summed E-state index contributed by atoms with van der Waals surface area (Å²) < 4.78 is 28.8. The molecule has 0 radical (unpaired) electrons. The molecule has 1 atom stereocenters. The van der Waals surface area contributed by atoms with Crippen molar-refractivity contribution in [1.29, 1.82) is 0 Å². The van der Waals surface area contributed by atoms with Gasteiger partial charge in [0.2, 0.25) is 0 Å². The number of rotatable bonds is 7. The summed E-state index contributed by atoms with van der Waals surface area (Å²) in [6, 6.07) is 9.72. The highest BCUT2D eigenvalue weighted by Gasteiger charge is 2.24. The minimum absolute atomic E-state index is 0.00392. The summed E-state index contributed by atoms with van der Waals surface area (Å²) in [6.07, 6.45) is 3.51. The van der Waals surface area contributed by atoms with Gasteiger partial charge in [0.25, 0.3) is 10.2 Å². The van der Waals surface area contributed by atoms with Crippen molar-refractivity contribution in [2.75, 3.05) is 26.2 Å². The topological polar surface area (TPSA) is 69.6 Å². The van der Waals surface area contributed by atoms with Crippen LogP contribution in [0.3, 0.4) is 0 Å². The van der Waals surface area contributed by atoms with Crippen molar-refractivity contribution in [3.63, 3.8) is 0 Å². The zero-order chi connectivity index (χ0) is 15.1. The first-order valence-electron chi connectivity index (χ1n) is 7.54. The van der Waals surface area contributed by atoms with E-state index in [2.05, 4.69) is 4.72 Å². The van der Waals surface area contributed by atoms with E-state index >= 15 is 0 Å². The van der Waals surface area contributed by atoms with Gasteiger partial charge >= 0.3 is 0 Å². The molecule has 1 aromatic carbocycles. The van der Waals surface area contributed by atoms with Crippen molar-refractivity contribution in [3.8, 4) is 0 Å². The van der Waals surface area contributed by atoms with E-state index in [0.29, 0.717) is 26.1 Å². The van der Waals surface area contributed by atoms with E-state index in [-0.39, 0.29) is 12.5 Å². The summed E-state index contributed by atoms with van der Waals surface area (Å²) in [5.41, 5.74) is 1.05. The Balaban J connectivity index is 1.98. The minimum Gasteiger partial charge on any atom is -0.396 e. The van der Waals surface area contributed by atoms with Gasteiger partial charge in [-0.3, -0.25) is 0 Å². The van der Waals surface area contributed by atoms with Crippen LogP contribution in [0.15, 0.2) is 30.3 Å². The number of aliphatic hydroxyl groups excluding tert-OH is 1. The van der Waals surface area contributed by atoms with Gasteiger partial charge in [-0.2, -0.15) is 12.7 Å². The first-order chi connectivity index (χ1) is 10.1. The molecule has 0 bridgehead atoms. The largest absolute Gasteiger partial charge is 0.396 e. The molecule has 1 saturated heterocycles. The Morgan fingerprint density at radius 2 is 1.81 bits per heavy atom. The molecule has 0 saturated carbocycles. The van der Waals surface area contributed by atoms with Crippen LogP contribution >= 0.6 is 0 Å². The third kappa shape index (κ3) is 4.78. The second-order valence-electron chi connectivity index (χ2n) is 5.43. The summed E-state index contributed by atoms with van der Waals surface area (Å²) in [5.74, 6) is -0.00392. The van der Waals surface area contributed by atoms with Gasteiger partial charge < -0.3 is 5.11 Å². The van der Waals surface area contributed by atoms with E-state index in [4.69, 9.17) is 0 Å². The van der Waals surface area contributed by atoms with Gasteiger partial charge in [-0.05, 0) is 30.7 Å². The normalized spacial score (nSPS) is 18.5. The fourth-order valence-electron chi connectivity index (χ4n) is 2.67. The summed E-state index contributed by atoms with van der Waals surface area (Å²) in [6.45, 7) is 1.57. The number of hydrogen-bond donors (Lipinski definition) is 2. The summed E-state index contributed by atoms with van der Waals surface area (Å²) in [5, 5.41) is 9.19. The first-order valence-corrected chi connectivity index (χ1v) is 8.98. The minimum atomic E-state index is -3.40. The van der Waals surface area contributed by atoms with E-state index in [1.165, 1.54) is 4.31 Å². The van der Waals surface area contributed by atoms with Crippen LogP contribution in [-0.2, 0) is 10.2 Å². The van der Waals surface area contributed by atoms with Crippen LogP contribution in [-0.4, -0.2) is 44.1 Å². The number of nitrogens with one attached hydrogen (secondary N) is 1. The van der Waals surface area contributed by atoms with Crippen LogP contribution in [0.4, 0.5) is 0 Å². The Morgan fingerprint density at radius 1 is 1.14 bits per heavy atom. The molecule has 5 nitrogen and oxygen atoms in total. The van der Waals surface area contributed by atoms with Gasteiger partial charge in [-0.15, -0.1) is 0 Å². The molecule has 1 aliphatic rings. The molecule has 0 aromatic heterocycles. The number of nitrogens with zero attached hydrogens (tertiary/aromatic N) is 1. The van der Waals surface area contributed by atoms with Crippen LogP contribution in [0.2, 0.25) is 0 Å². The first kappa shape index (κ1) is 16.4. The Hall–Kier alpha value is -0.950. The van der Waals surface area contributed by atoms with Gasteiger partial charge in [-0.1, -0.05) is 36.8 Å². The number of hydrogen-bond acceptors (Lipinski definition) is 3. The van der Waals surface area contributed by atoms with Crippen LogP contribution in [0, 0.1) is 0 Å². The van der Waals surface area contributed by atoms with E-state index in [1.807, 2.05) is 30.3 Å². The summed E-state index contributed by atoms with van der Waals surface area (Å²) in [7, 11) is -3.40. The zero-order valence-electron chi connectivity index (χ0n) is 12.2. The SMILES string of the molecule is O=S(=O)(NCC(CCO)c1ccccc1)N1CCCCC1. The standard InChI is InChI=1S/C15H24N2O3S/c18-12-9-15(14-7-3-1-4-8-14)13-16-21(19,20)17-10-5-2-6-11-17/h1,3-4,7-8,15-16,18H,2,5-6,9-13H2. The van der Waals surface area contributed by atoms with Crippen molar-refractivity contribution in [3.05, 3.63) is 35.9 Å². The summed E-state index contributed by atoms with van der Waals surface area (Å²) in [4.78, 5) is 0. The number of piperidine rings is 1. The molecule has 0 amide bonds. The lowest BCUT2D eigenvalue weighted by Crippen LogP contribution is -2.44. The lowest BCUT2D eigenvalue weighted by Gasteiger charge is -2.27. The average Bonchev–Trinajstić information content (AvgIpc) is 2.53. The lowest BCUT2D eigenvalue weighted by atomic mass is 9.96. The highest BCUT2D eigenvalue weighted by molar-refractivity contribution is 7.87. The summed E-state index contributed by atoms with van der Waals surface area (Å²) >= 11 is 0. The second kappa shape index (κ2) is 7.89. The maximum atomic E-state index is 12.3. The van der Waals surface area contributed by atoms with Gasteiger partial charge in [0.05, 0.1) is 0 Å². The fraction of sp³-hybridized carbons (Fsp3) is 0.600. The molecular formula is C15H24N2O3S. The molecule has 2 rings (SSSR count). The zero-order valence-corrected chi connectivity index (χ0v) is 13.1. The predicted octanol–water partition coefficient (Wildman–Crippen LogP) is 1.47. The van der Waals surface area contributed by atoms with Crippen molar-refractivity contribution in [1.82, 2.24) is 9.03 Å². The van der Waals surface area contributed by atoms with Crippen LogP contribution in [0.25, 0.3) is 0 Å². The average molecular weight is 312 g/mol. The fourth-order valence-corrected chi connectivity index (χ4v) is 4.00. The highest BCUT2D eigenvalue weighted by Crippen LogP contribution is 2.19. The molecule has 1 fully saturated rings. The third-order valence-electron chi connectivity index (χ3n) is 3.92. The van der Waals surface area contributed by atoms with Gasteiger partial charge in [-0.25, -0.2) is 4.72 Å². The Morgan fingerprint density at radius 3 is 2.43 bits per heavy atom. The number of aliphatic hydroxyl groups is 1. The van der Waals surface area contributed by atoms with Crippen LogP contribution in [0.1, 0.15) is 37.2 Å². The van der Waals surface area contributed by atoms with E-state index in [9.17, 15) is 13.5 Å². The Labute approximate surface area is 127 Å². The maximum absolute atomic E-state index is 12.3. The van der Waals surface area contributed by atoms with E-state index < -0.39 is 10.2 Å². The van der Waals surface area contributed by atoms with E-state index in [1.54, 1.807) is 0 Å². The smallest absolute Gasteiger partial charge is 0.279 e. The monoisotopic (exact) mass is 312 g/mol. The lowest BCUT2D eigenvalue weighted by molar-refractivity contribution is 0.274. The third-order valence-corrected chi connectivity index (χ3v) is 5.49. The number of benzene rings is 1. The maximum Gasteiger partial charge on any atom is 0.279 e. The quantitative estimate of drug-likeness (QED) is 0.801. The highest BCUT2D eigenvalue weighted by atomic mass is 32.2. The molecule has 6 heteroatoms. The van der Waals surface area contributed by atoms with Crippen molar-refractivity contribution in [2.24, 2.45) is 0 Å². The molecular weight excluding hydrogens is 288 g/mol. The molecule has 21 heavy (non-hydrogen) atoms. The van der Waals surface area contributed by atoms with Crippen LogP contribution < -0.4 is 4.72 Å². The van der Waals surface area contributed by atoms with Gasteiger partial charge in [0.1, 0.15) is 0 Å². The molecule has 0 spiro atoms. The van der Waals surface area contributed by atoms with Crippen molar-refractivity contribution < 1.29 is 13.5 Å². The van der Waals surface area contributed by atoms with Gasteiger partial charge in [0.15, 0.2) is 0 Å². The predicted molar refractivity (Wildman–Crippen MR) is 83.2 cm³/mol. The van der Waals surface area contributed by atoms with Gasteiger partial charge in [0, 0.05) is 26.2 Å². The molecule has 1 heterocycles. The Kier molecular flexibility index (Phi) is 6.17. The van der Waals surface area contributed by atoms with Crippen molar-refractivity contribution in [2.45, 2.75) is 31.6 Å². The molecule has 1 aromatic rings. The van der Waals surface area contributed by atoms with Crippen LogP contribution in [0.5, 0.6) is 0 Å². The van der Waals surface area contributed by atoms with Crippen molar-refractivity contribution >= 4 is 10.2 Å². The molecule has 0 aliphatic carbocycles. The second-order valence-corrected chi connectivity index (χ2v) is 7.19. The van der Waals surface area contributed by atoms with E-state index in [0.717, 1.165) is 24.8 Å². The molecule has 118 valence electrons.